The molecule has 1 aromatic rings. The lowest BCUT2D eigenvalue weighted by Crippen LogP contribution is -2.38. The Labute approximate surface area is 177 Å². The number of rotatable bonds is 10. The molecule has 3 rings (SSSR count). The molecule has 8 heteroatoms. The summed E-state index contributed by atoms with van der Waals surface area (Å²) in [5, 5.41) is 2.83. The van der Waals surface area contributed by atoms with E-state index >= 15 is 0 Å². The molecule has 30 heavy (non-hydrogen) atoms. The Hall–Kier alpha value is -2.45. The number of likely N-dealkylation sites (N-methyl/N-ethyl adjacent to an activating group) is 1. The topological polar surface area (TPSA) is 88.2 Å². The number of ether oxygens (including phenoxy) is 2. The van der Waals surface area contributed by atoms with Gasteiger partial charge in [-0.25, -0.2) is 0 Å². The van der Waals surface area contributed by atoms with Gasteiger partial charge in [0.1, 0.15) is 12.4 Å². The number of nitrogens with one attached hydrogen (secondary N) is 1. The molecule has 2 fully saturated rings. The molecule has 2 saturated heterocycles. The molecular formula is C22H31N3O5. The quantitative estimate of drug-likeness (QED) is 0.578. The van der Waals surface area contributed by atoms with Gasteiger partial charge in [0.15, 0.2) is 0 Å². The van der Waals surface area contributed by atoms with E-state index in [9.17, 15) is 14.4 Å². The Kier molecular flexibility index (Phi) is 8.21. The van der Waals surface area contributed by atoms with Crippen molar-refractivity contribution < 1.29 is 23.9 Å². The van der Waals surface area contributed by atoms with Gasteiger partial charge in [-0.15, -0.1) is 0 Å². The maximum atomic E-state index is 12.1. The Morgan fingerprint density at radius 3 is 2.70 bits per heavy atom. The molecule has 164 valence electrons. The van der Waals surface area contributed by atoms with E-state index in [2.05, 4.69) is 17.3 Å². The lowest BCUT2D eigenvalue weighted by atomic mass is 10.1. The standard InChI is InChI=1S/C22H31N3O5/c1-24(18-8-12-29-13-9-18)11-14-30-19-4-2-3-17(15-19)16-23-20(26)7-10-25-21(27)5-6-22(25)28/h2-4,15,18H,5-14,16H2,1H3,(H,23,26). The molecule has 0 spiro atoms. The highest BCUT2D eigenvalue weighted by atomic mass is 16.5. The van der Waals surface area contributed by atoms with E-state index in [-0.39, 0.29) is 43.5 Å². The molecule has 0 saturated carbocycles. The number of carbonyl (C=O) groups is 3. The summed E-state index contributed by atoms with van der Waals surface area (Å²) in [4.78, 5) is 38.7. The summed E-state index contributed by atoms with van der Waals surface area (Å²) in [6.45, 7) is 3.62. The first-order valence-electron chi connectivity index (χ1n) is 10.6. The van der Waals surface area contributed by atoms with Crippen LogP contribution in [0.5, 0.6) is 5.75 Å². The monoisotopic (exact) mass is 417 g/mol. The van der Waals surface area contributed by atoms with Gasteiger partial charge in [0.05, 0.1) is 0 Å². The maximum absolute atomic E-state index is 12.1. The molecule has 0 bridgehead atoms. The second-order valence-corrected chi connectivity index (χ2v) is 7.79. The molecule has 2 heterocycles. The van der Waals surface area contributed by atoms with Crippen LogP contribution in [0.15, 0.2) is 24.3 Å². The van der Waals surface area contributed by atoms with Crippen LogP contribution in [0.4, 0.5) is 0 Å². The lowest BCUT2D eigenvalue weighted by Gasteiger charge is -2.31. The third-order valence-electron chi connectivity index (χ3n) is 5.63. The van der Waals surface area contributed by atoms with Crippen molar-refractivity contribution in [2.45, 2.75) is 44.7 Å². The number of amides is 3. The number of carbonyl (C=O) groups excluding carboxylic acids is 3. The van der Waals surface area contributed by atoms with Crippen LogP contribution in [0.2, 0.25) is 0 Å². The van der Waals surface area contributed by atoms with Crippen LogP contribution in [-0.4, -0.2) is 73.5 Å². The largest absolute Gasteiger partial charge is 0.492 e. The highest BCUT2D eigenvalue weighted by molar-refractivity contribution is 6.02. The lowest BCUT2D eigenvalue weighted by molar-refractivity contribution is -0.138. The molecule has 1 N–H and O–H groups in total. The number of hydrogen-bond acceptors (Lipinski definition) is 6. The molecule has 2 aliphatic rings. The predicted molar refractivity (Wildman–Crippen MR) is 111 cm³/mol. The summed E-state index contributed by atoms with van der Waals surface area (Å²) in [7, 11) is 2.12. The zero-order valence-corrected chi connectivity index (χ0v) is 17.6. The smallest absolute Gasteiger partial charge is 0.229 e. The first-order chi connectivity index (χ1) is 14.5. The van der Waals surface area contributed by atoms with E-state index in [1.165, 1.54) is 4.90 Å². The van der Waals surface area contributed by atoms with Gasteiger partial charge in [-0.3, -0.25) is 24.2 Å². The normalized spacial score (nSPS) is 17.6. The van der Waals surface area contributed by atoms with Crippen molar-refractivity contribution in [2.75, 3.05) is 40.0 Å². The van der Waals surface area contributed by atoms with Crippen LogP contribution in [0.3, 0.4) is 0 Å². The molecule has 0 aromatic heterocycles. The first kappa shape index (κ1) is 22.2. The van der Waals surface area contributed by atoms with Gasteiger partial charge in [-0.1, -0.05) is 12.1 Å². The first-order valence-corrected chi connectivity index (χ1v) is 10.6. The number of nitrogens with zero attached hydrogens (tertiary/aromatic N) is 2. The highest BCUT2D eigenvalue weighted by Gasteiger charge is 2.28. The number of hydrogen-bond donors (Lipinski definition) is 1. The van der Waals surface area contributed by atoms with Crippen LogP contribution in [-0.2, 0) is 25.7 Å². The average molecular weight is 418 g/mol. The fourth-order valence-corrected chi connectivity index (χ4v) is 3.74. The van der Waals surface area contributed by atoms with Gasteiger partial charge >= 0.3 is 0 Å². The SMILES string of the molecule is CN(CCOc1cccc(CNC(=O)CCN2C(=O)CCC2=O)c1)C1CCOCC1. The second kappa shape index (κ2) is 11.1. The van der Waals surface area contributed by atoms with Crippen LogP contribution in [0.1, 0.15) is 37.7 Å². The van der Waals surface area contributed by atoms with Gasteiger partial charge in [0, 0.05) is 58.2 Å². The summed E-state index contributed by atoms with van der Waals surface area (Å²) in [5.74, 6) is 0.197. The fourth-order valence-electron chi connectivity index (χ4n) is 3.74. The fraction of sp³-hybridized carbons (Fsp3) is 0.591. The molecule has 0 radical (unpaired) electrons. The minimum atomic E-state index is -0.194. The van der Waals surface area contributed by atoms with Crippen LogP contribution >= 0.6 is 0 Å². The summed E-state index contributed by atoms with van der Waals surface area (Å²) in [6, 6.07) is 8.21. The molecule has 3 amide bonds. The third-order valence-corrected chi connectivity index (χ3v) is 5.63. The van der Waals surface area contributed by atoms with E-state index in [0.29, 0.717) is 19.2 Å². The van der Waals surface area contributed by atoms with Crippen molar-refractivity contribution in [2.24, 2.45) is 0 Å². The van der Waals surface area contributed by atoms with Crippen LogP contribution in [0, 0.1) is 0 Å². The Balaban J connectivity index is 1.36. The van der Waals surface area contributed by atoms with Gasteiger partial charge in [0.25, 0.3) is 0 Å². The number of likely N-dealkylation sites (tertiary alicyclic amines) is 1. The van der Waals surface area contributed by atoms with Crippen molar-refractivity contribution in [1.29, 1.82) is 0 Å². The molecule has 2 aliphatic heterocycles. The van der Waals surface area contributed by atoms with E-state index in [0.717, 1.165) is 43.9 Å². The number of imide groups is 1. The molecule has 0 unspecified atom stereocenters. The Morgan fingerprint density at radius 2 is 1.97 bits per heavy atom. The molecule has 0 aliphatic carbocycles. The highest BCUT2D eigenvalue weighted by Crippen LogP contribution is 2.15. The minimum absolute atomic E-state index is 0.117. The van der Waals surface area contributed by atoms with E-state index in [1.807, 2.05) is 24.3 Å². The molecule has 0 atom stereocenters. The second-order valence-electron chi connectivity index (χ2n) is 7.79. The predicted octanol–water partition coefficient (Wildman–Crippen LogP) is 1.33. The Bertz CT molecular complexity index is 732. The van der Waals surface area contributed by atoms with Gasteiger partial charge in [0.2, 0.25) is 17.7 Å². The maximum Gasteiger partial charge on any atom is 0.229 e. The van der Waals surface area contributed by atoms with Gasteiger partial charge in [-0.05, 0) is 37.6 Å². The molecular weight excluding hydrogens is 386 g/mol. The van der Waals surface area contributed by atoms with Crippen molar-refractivity contribution in [3.8, 4) is 5.75 Å². The summed E-state index contributed by atoms with van der Waals surface area (Å²) >= 11 is 0. The van der Waals surface area contributed by atoms with E-state index < -0.39 is 0 Å². The zero-order valence-electron chi connectivity index (χ0n) is 17.6. The van der Waals surface area contributed by atoms with Gasteiger partial charge in [-0.2, -0.15) is 0 Å². The van der Waals surface area contributed by atoms with E-state index in [1.54, 1.807) is 0 Å². The summed E-state index contributed by atoms with van der Waals surface area (Å²) < 4.78 is 11.3. The van der Waals surface area contributed by atoms with Crippen LogP contribution < -0.4 is 10.1 Å². The minimum Gasteiger partial charge on any atom is -0.492 e. The van der Waals surface area contributed by atoms with Gasteiger partial charge < -0.3 is 14.8 Å². The van der Waals surface area contributed by atoms with Crippen LogP contribution in [0.25, 0.3) is 0 Å². The summed E-state index contributed by atoms with van der Waals surface area (Å²) in [5.41, 5.74) is 0.937. The Morgan fingerprint density at radius 1 is 1.23 bits per heavy atom. The average Bonchev–Trinajstić information content (AvgIpc) is 3.09. The van der Waals surface area contributed by atoms with Crippen molar-refractivity contribution >= 4 is 17.7 Å². The number of benzene rings is 1. The molecule has 1 aromatic carbocycles. The third kappa shape index (κ3) is 6.53. The van der Waals surface area contributed by atoms with Crippen molar-refractivity contribution in [3.05, 3.63) is 29.8 Å². The molecule has 8 nitrogen and oxygen atoms in total. The zero-order chi connectivity index (χ0) is 21.3. The van der Waals surface area contributed by atoms with Crippen molar-refractivity contribution in [3.63, 3.8) is 0 Å². The van der Waals surface area contributed by atoms with Crippen molar-refractivity contribution in [1.82, 2.24) is 15.1 Å². The summed E-state index contributed by atoms with van der Waals surface area (Å²) in [6.07, 6.45) is 2.74. The van der Waals surface area contributed by atoms with E-state index in [4.69, 9.17) is 9.47 Å².